The number of ether oxygens (including phenoxy) is 1. The lowest BCUT2D eigenvalue weighted by Gasteiger charge is -2.38. The van der Waals surface area contributed by atoms with Gasteiger partial charge >= 0.3 is 12.1 Å². The van der Waals surface area contributed by atoms with Gasteiger partial charge in [0, 0.05) is 56.9 Å². The maximum atomic E-state index is 13.9. The summed E-state index contributed by atoms with van der Waals surface area (Å²) in [6.45, 7) is 7.39. The molecule has 0 aromatic heterocycles. The highest BCUT2D eigenvalue weighted by molar-refractivity contribution is 7.89. The number of sulfonamides is 1. The molecule has 1 amide bonds. The van der Waals surface area contributed by atoms with Gasteiger partial charge in [-0.1, -0.05) is 48.5 Å². The summed E-state index contributed by atoms with van der Waals surface area (Å²) < 4.78 is 65.7. The Morgan fingerprint density at radius 3 is 2.13 bits per heavy atom. The number of piperazine rings is 1. The Hall–Kier alpha value is -4.10. The van der Waals surface area contributed by atoms with Gasteiger partial charge in [-0.3, -0.25) is 4.79 Å². The van der Waals surface area contributed by atoms with Crippen LogP contribution in [0.5, 0.6) is 5.75 Å². The van der Waals surface area contributed by atoms with E-state index in [2.05, 4.69) is 36.9 Å². The number of halogens is 3. The molecule has 13 heteroatoms. The minimum atomic E-state index is -5.08. The zero-order chi connectivity index (χ0) is 32.9. The number of aryl methyl sites for hydroxylation is 2. The number of carboxylic acids is 1. The number of methoxy groups -OCH3 is 1. The van der Waals surface area contributed by atoms with E-state index < -0.39 is 28.1 Å². The van der Waals surface area contributed by atoms with Crippen LogP contribution in [0, 0.1) is 19.8 Å². The quantitative estimate of drug-likeness (QED) is 0.414. The number of hydrogen-bond donors (Lipinski definition) is 1. The van der Waals surface area contributed by atoms with Crippen molar-refractivity contribution < 1.29 is 41.0 Å². The second-order valence-electron chi connectivity index (χ2n) is 11.0. The molecule has 2 aliphatic heterocycles. The molecular formula is C32H36F3N3O6S. The molecule has 2 fully saturated rings. The third kappa shape index (κ3) is 7.95. The summed E-state index contributed by atoms with van der Waals surface area (Å²) in [6, 6.07) is 22.8. The fraction of sp³-hybridized carbons (Fsp3) is 0.375. The number of nitrogens with zero attached hydrogens (tertiary/aromatic N) is 3. The van der Waals surface area contributed by atoms with Gasteiger partial charge < -0.3 is 19.6 Å². The number of alkyl halides is 3. The van der Waals surface area contributed by atoms with E-state index in [0.29, 0.717) is 18.8 Å². The lowest BCUT2D eigenvalue weighted by atomic mass is 9.88. The highest BCUT2D eigenvalue weighted by Gasteiger charge is 2.45. The first-order chi connectivity index (χ1) is 21.2. The number of carboxylic acid groups (broad SMARTS) is 1. The third-order valence-corrected chi connectivity index (χ3v) is 9.88. The third-order valence-electron chi connectivity index (χ3n) is 8.05. The first kappa shape index (κ1) is 33.8. The standard InChI is InChI=1S/C30H35N3O4S.C2HF3O2/c1-22-12-13-23(2)29(18-22)31-14-16-32(17-15-31)30(34)28-21-33(20-27(28)24-8-5-4-6-9-24)38(35,36)26-11-7-10-25(19-26)37-3;3-2(4,5)1(6)7/h4-13,18-19,27-28H,14-17,20-21H2,1-3H3;(H,6,7). The van der Waals surface area contributed by atoms with E-state index in [9.17, 15) is 26.4 Å². The van der Waals surface area contributed by atoms with Crippen molar-refractivity contribution in [2.24, 2.45) is 5.92 Å². The summed E-state index contributed by atoms with van der Waals surface area (Å²) in [5.74, 6) is -2.89. The molecule has 2 saturated heterocycles. The summed E-state index contributed by atoms with van der Waals surface area (Å²) in [4.78, 5) is 27.3. The van der Waals surface area contributed by atoms with E-state index in [0.717, 1.165) is 18.7 Å². The van der Waals surface area contributed by atoms with Gasteiger partial charge in [0.15, 0.2) is 0 Å². The van der Waals surface area contributed by atoms with Crippen LogP contribution in [0.25, 0.3) is 0 Å². The van der Waals surface area contributed by atoms with Crippen molar-refractivity contribution in [2.45, 2.75) is 30.8 Å². The SMILES string of the molecule is COc1cccc(S(=O)(=O)N2CC(C(=O)N3CCN(c4cc(C)ccc4C)CC3)C(c3ccccc3)C2)c1.O=C(O)C(F)(F)F. The van der Waals surface area contributed by atoms with Gasteiger partial charge in [-0.15, -0.1) is 0 Å². The lowest BCUT2D eigenvalue weighted by Crippen LogP contribution is -2.51. The van der Waals surface area contributed by atoms with Gasteiger partial charge in [0.1, 0.15) is 5.75 Å². The van der Waals surface area contributed by atoms with E-state index in [-0.39, 0.29) is 29.8 Å². The number of rotatable bonds is 6. The maximum Gasteiger partial charge on any atom is 0.490 e. The van der Waals surface area contributed by atoms with Crippen molar-refractivity contribution in [3.05, 3.63) is 89.5 Å². The van der Waals surface area contributed by atoms with Crippen LogP contribution in [0.15, 0.2) is 77.7 Å². The van der Waals surface area contributed by atoms with Crippen molar-refractivity contribution in [1.29, 1.82) is 0 Å². The van der Waals surface area contributed by atoms with Crippen LogP contribution in [0.4, 0.5) is 18.9 Å². The summed E-state index contributed by atoms with van der Waals surface area (Å²) in [5.41, 5.74) is 4.66. The maximum absolute atomic E-state index is 13.9. The molecule has 3 aromatic rings. The molecule has 2 aliphatic rings. The highest BCUT2D eigenvalue weighted by atomic mass is 32.2. The Morgan fingerprint density at radius 1 is 0.889 bits per heavy atom. The molecule has 1 N–H and O–H groups in total. The van der Waals surface area contributed by atoms with E-state index in [4.69, 9.17) is 14.6 Å². The number of aliphatic carboxylic acids is 1. The molecule has 45 heavy (non-hydrogen) atoms. The average Bonchev–Trinajstić information content (AvgIpc) is 3.49. The molecule has 3 aromatic carbocycles. The van der Waals surface area contributed by atoms with Crippen molar-refractivity contribution in [2.75, 3.05) is 51.3 Å². The molecular weight excluding hydrogens is 611 g/mol. The second kappa shape index (κ2) is 13.9. The number of carbonyl (C=O) groups is 2. The molecule has 9 nitrogen and oxygen atoms in total. The van der Waals surface area contributed by atoms with Crippen LogP contribution in [0.1, 0.15) is 22.6 Å². The van der Waals surface area contributed by atoms with Crippen LogP contribution in [0.3, 0.4) is 0 Å². The molecule has 242 valence electrons. The predicted octanol–water partition coefficient (Wildman–Crippen LogP) is 4.70. The van der Waals surface area contributed by atoms with Crippen LogP contribution >= 0.6 is 0 Å². The van der Waals surface area contributed by atoms with Gasteiger partial charge in [0.2, 0.25) is 15.9 Å². The van der Waals surface area contributed by atoms with Crippen molar-refractivity contribution in [3.63, 3.8) is 0 Å². The fourth-order valence-electron chi connectivity index (χ4n) is 5.63. The molecule has 0 aliphatic carbocycles. The molecule has 0 radical (unpaired) electrons. The normalized spacial score (nSPS) is 19.1. The van der Waals surface area contributed by atoms with Gasteiger partial charge in [-0.05, 0) is 48.7 Å². The Morgan fingerprint density at radius 2 is 1.53 bits per heavy atom. The number of benzene rings is 3. The summed E-state index contributed by atoms with van der Waals surface area (Å²) in [7, 11) is -2.27. The molecule has 2 heterocycles. The van der Waals surface area contributed by atoms with Gasteiger partial charge in [-0.25, -0.2) is 13.2 Å². The van der Waals surface area contributed by atoms with Crippen molar-refractivity contribution >= 4 is 27.6 Å². The minimum Gasteiger partial charge on any atom is -0.497 e. The smallest absolute Gasteiger partial charge is 0.490 e. The number of carbonyl (C=O) groups excluding carboxylic acids is 1. The van der Waals surface area contributed by atoms with Crippen LogP contribution < -0.4 is 9.64 Å². The largest absolute Gasteiger partial charge is 0.497 e. The van der Waals surface area contributed by atoms with Crippen LogP contribution in [-0.4, -0.2) is 87.2 Å². The molecule has 2 atom stereocenters. The Labute approximate surface area is 260 Å². The van der Waals surface area contributed by atoms with Gasteiger partial charge in [0.05, 0.1) is 17.9 Å². The molecule has 0 spiro atoms. The van der Waals surface area contributed by atoms with E-state index >= 15 is 0 Å². The number of amides is 1. The highest BCUT2D eigenvalue weighted by Crippen LogP contribution is 2.37. The predicted molar refractivity (Wildman–Crippen MR) is 163 cm³/mol. The second-order valence-corrected chi connectivity index (χ2v) is 13.0. The topological polar surface area (TPSA) is 107 Å². The Bertz CT molecular complexity index is 1610. The van der Waals surface area contributed by atoms with E-state index in [1.807, 2.05) is 35.2 Å². The van der Waals surface area contributed by atoms with Gasteiger partial charge in [-0.2, -0.15) is 17.5 Å². The fourth-order valence-corrected chi connectivity index (χ4v) is 7.15. The van der Waals surface area contributed by atoms with Crippen molar-refractivity contribution in [3.8, 4) is 5.75 Å². The zero-order valence-electron chi connectivity index (χ0n) is 25.2. The molecule has 2 unspecified atom stereocenters. The number of anilines is 1. The van der Waals surface area contributed by atoms with Gasteiger partial charge in [0.25, 0.3) is 0 Å². The monoisotopic (exact) mass is 647 g/mol. The van der Waals surface area contributed by atoms with Crippen LogP contribution in [-0.2, 0) is 19.6 Å². The molecule has 0 bridgehead atoms. The minimum absolute atomic E-state index is 0.0304. The molecule has 0 saturated carbocycles. The van der Waals surface area contributed by atoms with Crippen LogP contribution in [0.2, 0.25) is 0 Å². The van der Waals surface area contributed by atoms with E-state index in [1.54, 1.807) is 18.2 Å². The summed E-state index contributed by atoms with van der Waals surface area (Å²) in [6.07, 6.45) is -5.08. The number of hydrogen-bond acceptors (Lipinski definition) is 6. The first-order valence-electron chi connectivity index (χ1n) is 14.3. The lowest BCUT2D eigenvalue weighted by molar-refractivity contribution is -0.192. The molecule has 5 rings (SSSR count). The van der Waals surface area contributed by atoms with E-state index in [1.165, 1.54) is 34.3 Å². The van der Waals surface area contributed by atoms with Crippen molar-refractivity contribution in [1.82, 2.24) is 9.21 Å². The Balaban J connectivity index is 0.000000591. The summed E-state index contributed by atoms with van der Waals surface area (Å²) in [5, 5.41) is 7.12. The zero-order valence-corrected chi connectivity index (χ0v) is 26.0. The average molecular weight is 648 g/mol. The first-order valence-corrected chi connectivity index (χ1v) is 15.8. The summed E-state index contributed by atoms with van der Waals surface area (Å²) >= 11 is 0. The Kier molecular flexibility index (Phi) is 10.4.